The van der Waals surface area contributed by atoms with Crippen LogP contribution >= 0.6 is 0 Å². The zero-order chi connectivity index (χ0) is 13.1. The van der Waals surface area contributed by atoms with Crippen molar-refractivity contribution in [3.05, 3.63) is 30.1 Å². The molecule has 0 amide bonds. The highest BCUT2D eigenvalue weighted by molar-refractivity contribution is 6.00. The maximum absolute atomic E-state index is 11.0. The first-order valence-corrected chi connectivity index (χ1v) is 5.98. The van der Waals surface area contributed by atoms with E-state index >= 15 is 0 Å². The number of carboxylic acid groups (broad SMARTS) is 1. The molecule has 2 rings (SSSR count). The van der Waals surface area contributed by atoms with Crippen molar-refractivity contribution in [2.45, 2.75) is 32.4 Å². The zero-order valence-electron chi connectivity index (χ0n) is 10.2. The van der Waals surface area contributed by atoms with Crippen LogP contribution in [0.2, 0.25) is 0 Å². The number of para-hydroxylation sites is 1. The van der Waals surface area contributed by atoms with Crippen LogP contribution in [0, 0.1) is 0 Å². The molecule has 1 atom stereocenters. The molecule has 0 aliphatic heterocycles. The van der Waals surface area contributed by atoms with E-state index in [9.17, 15) is 9.90 Å². The highest BCUT2D eigenvalue weighted by Gasteiger charge is 2.12. The number of nitrogens with zero attached hydrogens (tertiary/aromatic N) is 2. The fourth-order valence-electron chi connectivity index (χ4n) is 1.93. The van der Waals surface area contributed by atoms with Gasteiger partial charge in [0.05, 0.1) is 23.5 Å². The lowest BCUT2D eigenvalue weighted by molar-refractivity contribution is 0.0699. The molecule has 0 fully saturated rings. The van der Waals surface area contributed by atoms with Gasteiger partial charge in [0.25, 0.3) is 0 Å². The Morgan fingerprint density at radius 2 is 2.28 bits per heavy atom. The van der Waals surface area contributed by atoms with Crippen LogP contribution in [0.25, 0.3) is 11.0 Å². The Morgan fingerprint density at radius 1 is 1.50 bits per heavy atom. The molecule has 1 aromatic heterocycles. The van der Waals surface area contributed by atoms with Gasteiger partial charge >= 0.3 is 5.97 Å². The Balaban J connectivity index is 2.31. The highest BCUT2D eigenvalue weighted by atomic mass is 16.4. The summed E-state index contributed by atoms with van der Waals surface area (Å²) in [6.45, 7) is 2.56. The zero-order valence-corrected chi connectivity index (χ0v) is 10.2. The van der Waals surface area contributed by atoms with Gasteiger partial charge in [-0.3, -0.25) is 0 Å². The number of hydrogen-bond donors (Lipinski definition) is 2. The number of benzene rings is 1. The first kappa shape index (κ1) is 12.6. The van der Waals surface area contributed by atoms with E-state index in [1.54, 1.807) is 18.5 Å². The Kier molecular flexibility index (Phi) is 3.62. The fraction of sp³-hybridized carbons (Fsp3) is 0.385. The van der Waals surface area contributed by atoms with Crippen LogP contribution in [-0.4, -0.2) is 31.8 Å². The van der Waals surface area contributed by atoms with Crippen molar-refractivity contribution in [2.24, 2.45) is 0 Å². The normalized spacial score (nSPS) is 12.8. The van der Waals surface area contributed by atoms with E-state index in [2.05, 4.69) is 4.98 Å². The maximum Gasteiger partial charge on any atom is 0.337 e. The van der Waals surface area contributed by atoms with Crippen molar-refractivity contribution in [1.29, 1.82) is 0 Å². The quantitative estimate of drug-likeness (QED) is 0.847. The smallest absolute Gasteiger partial charge is 0.337 e. The van der Waals surface area contributed by atoms with Gasteiger partial charge in [-0.25, -0.2) is 9.78 Å². The molecule has 0 aliphatic rings. The summed E-state index contributed by atoms with van der Waals surface area (Å²) in [6, 6.07) is 5.09. The van der Waals surface area contributed by atoms with Gasteiger partial charge in [0.15, 0.2) is 0 Å². The molecular weight excluding hydrogens is 232 g/mol. The highest BCUT2D eigenvalue weighted by Crippen LogP contribution is 2.18. The van der Waals surface area contributed by atoms with Crippen LogP contribution in [0.5, 0.6) is 0 Å². The second-order valence-corrected chi connectivity index (χ2v) is 4.27. The van der Waals surface area contributed by atoms with Crippen LogP contribution in [0.1, 0.15) is 30.1 Å². The minimum absolute atomic E-state index is 0.210. The first-order valence-electron chi connectivity index (χ1n) is 5.98. The standard InChI is InChI=1S/C13H16N2O3/c1-2-9(16)6-7-15-8-14-12-10(13(17)18)4-3-5-11(12)15/h3-5,8-9,16H,2,6-7H2,1H3,(H,17,18). The number of carbonyl (C=O) groups is 1. The summed E-state index contributed by atoms with van der Waals surface area (Å²) >= 11 is 0. The Bertz CT molecular complexity index is 562. The molecule has 96 valence electrons. The van der Waals surface area contributed by atoms with E-state index < -0.39 is 5.97 Å². The van der Waals surface area contributed by atoms with Crippen LogP contribution < -0.4 is 0 Å². The number of aryl methyl sites for hydroxylation is 1. The molecule has 0 bridgehead atoms. The average molecular weight is 248 g/mol. The molecule has 18 heavy (non-hydrogen) atoms. The second-order valence-electron chi connectivity index (χ2n) is 4.27. The maximum atomic E-state index is 11.0. The molecule has 0 saturated heterocycles. The van der Waals surface area contributed by atoms with Crippen molar-refractivity contribution in [3.63, 3.8) is 0 Å². The van der Waals surface area contributed by atoms with Gasteiger partial charge in [0, 0.05) is 6.54 Å². The summed E-state index contributed by atoms with van der Waals surface area (Å²) in [7, 11) is 0. The third-order valence-corrected chi connectivity index (χ3v) is 3.06. The summed E-state index contributed by atoms with van der Waals surface area (Å²) in [4.78, 5) is 15.2. The van der Waals surface area contributed by atoms with E-state index in [-0.39, 0.29) is 11.7 Å². The van der Waals surface area contributed by atoms with Gasteiger partial charge in [-0.1, -0.05) is 13.0 Å². The SMILES string of the molecule is CCC(O)CCn1cnc2c(C(=O)O)cccc21. The monoisotopic (exact) mass is 248 g/mol. The lowest BCUT2D eigenvalue weighted by atomic mass is 10.2. The molecule has 1 unspecified atom stereocenters. The van der Waals surface area contributed by atoms with E-state index in [1.165, 1.54) is 0 Å². The molecule has 2 aromatic rings. The molecule has 0 saturated carbocycles. The van der Waals surface area contributed by atoms with Crippen molar-refractivity contribution >= 4 is 17.0 Å². The van der Waals surface area contributed by atoms with Crippen molar-refractivity contribution in [1.82, 2.24) is 9.55 Å². The second kappa shape index (κ2) is 5.18. The lowest BCUT2D eigenvalue weighted by Crippen LogP contribution is -2.09. The summed E-state index contributed by atoms with van der Waals surface area (Å²) < 4.78 is 1.88. The minimum atomic E-state index is -0.973. The molecular formula is C13H16N2O3. The minimum Gasteiger partial charge on any atom is -0.478 e. The van der Waals surface area contributed by atoms with Gasteiger partial charge in [0.2, 0.25) is 0 Å². The predicted molar refractivity (Wildman–Crippen MR) is 67.6 cm³/mol. The Labute approximate surface area is 105 Å². The van der Waals surface area contributed by atoms with E-state index in [1.807, 2.05) is 17.6 Å². The number of aliphatic hydroxyl groups is 1. The number of carboxylic acids is 1. The Hall–Kier alpha value is -1.88. The third kappa shape index (κ3) is 2.36. The lowest BCUT2D eigenvalue weighted by Gasteiger charge is -2.08. The van der Waals surface area contributed by atoms with Crippen LogP contribution in [-0.2, 0) is 6.54 Å². The predicted octanol–water partition coefficient (Wildman–Crippen LogP) is 1.90. The van der Waals surface area contributed by atoms with E-state index in [0.717, 1.165) is 5.52 Å². The summed E-state index contributed by atoms with van der Waals surface area (Å²) in [5.41, 5.74) is 1.50. The van der Waals surface area contributed by atoms with Gasteiger partial charge in [0.1, 0.15) is 5.52 Å². The molecule has 5 heteroatoms. The summed E-state index contributed by atoms with van der Waals surface area (Å²) in [6.07, 6.45) is 2.65. The number of imidazole rings is 1. The third-order valence-electron chi connectivity index (χ3n) is 3.06. The van der Waals surface area contributed by atoms with Crippen LogP contribution in [0.3, 0.4) is 0 Å². The number of aliphatic hydroxyl groups excluding tert-OH is 1. The molecule has 1 aromatic carbocycles. The molecule has 0 aliphatic carbocycles. The van der Waals surface area contributed by atoms with Crippen LogP contribution in [0.15, 0.2) is 24.5 Å². The van der Waals surface area contributed by atoms with Gasteiger partial charge in [-0.15, -0.1) is 0 Å². The number of aromatic nitrogens is 2. The average Bonchev–Trinajstić information content (AvgIpc) is 2.78. The number of hydrogen-bond acceptors (Lipinski definition) is 3. The van der Waals surface area contributed by atoms with E-state index in [0.29, 0.717) is 24.9 Å². The largest absolute Gasteiger partial charge is 0.478 e. The molecule has 5 nitrogen and oxygen atoms in total. The van der Waals surface area contributed by atoms with Crippen molar-refractivity contribution in [2.75, 3.05) is 0 Å². The summed E-state index contributed by atoms with van der Waals surface area (Å²) in [5.74, 6) is -0.973. The van der Waals surface area contributed by atoms with Crippen molar-refractivity contribution < 1.29 is 15.0 Å². The number of aromatic carboxylic acids is 1. The number of rotatable bonds is 5. The molecule has 0 spiro atoms. The summed E-state index contributed by atoms with van der Waals surface area (Å²) in [5, 5.41) is 18.6. The molecule has 1 heterocycles. The van der Waals surface area contributed by atoms with Gasteiger partial charge < -0.3 is 14.8 Å². The first-order chi connectivity index (χ1) is 8.63. The van der Waals surface area contributed by atoms with Crippen molar-refractivity contribution in [3.8, 4) is 0 Å². The van der Waals surface area contributed by atoms with Crippen LogP contribution in [0.4, 0.5) is 0 Å². The van der Waals surface area contributed by atoms with E-state index in [4.69, 9.17) is 5.11 Å². The topological polar surface area (TPSA) is 75.3 Å². The molecule has 0 radical (unpaired) electrons. The molecule has 2 N–H and O–H groups in total. The fourth-order valence-corrected chi connectivity index (χ4v) is 1.93. The number of fused-ring (bicyclic) bond motifs is 1. The van der Waals surface area contributed by atoms with Gasteiger partial charge in [-0.05, 0) is 25.0 Å². The van der Waals surface area contributed by atoms with Gasteiger partial charge in [-0.2, -0.15) is 0 Å². The Morgan fingerprint density at radius 3 is 2.94 bits per heavy atom.